The highest BCUT2D eigenvalue weighted by Gasteiger charge is 2.21. The molecule has 18 heavy (non-hydrogen) atoms. The fourth-order valence-electron chi connectivity index (χ4n) is 1.62. The molecule has 0 aliphatic heterocycles. The van der Waals surface area contributed by atoms with Crippen LogP contribution >= 0.6 is 0 Å². The highest BCUT2D eigenvalue weighted by molar-refractivity contribution is 5.79. The zero-order valence-corrected chi connectivity index (χ0v) is 9.39. The van der Waals surface area contributed by atoms with E-state index in [1.807, 2.05) is 0 Å². The number of carbonyl (C=O) groups excluding carboxylic acids is 1. The number of rotatable bonds is 4. The summed E-state index contributed by atoms with van der Waals surface area (Å²) in [5.41, 5.74) is 2.44. The number of aromatic nitrogens is 3. The van der Waals surface area contributed by atoms with Crippen molar-refractivity contribution in [3.8, 4) is 5.75 Å². The summed E-state index contributed by atoms with van der Waals surface area (Å²) < 4.78 is 1.36. The van der Waals surface area contributed by atoms with Crippen LogP contribution in [0.25, 0.3) is 0 Å². The average molecular weight is 248 g/mol. The van der Waals surface area contributed by atoms with Crippen LogP contribution in [0.4, 0.5) is 0 Å². The van der Waals surface area contributed by atoms with Gasteiger partial charge in [-0.15, -0.1) is 5.10 Å². The molecule has 0 radical (unpaired) electrons. The molecule has 1 aromatic heterocycles. The molecule has 0 aliphatic rings. The Bertz CT molecular complexity index is 510. The Morgan fingerprint density at radius 3 is 2.67 bits per heavy atom. The molecule has 2 rings (SSSR count). The molecular weight excluding hydrogens is 236 g/mol. The maximum Gasteiger partial charge on any atom is 0.268 e. The fourth-order valence-corrected chi connectivity index (χ4v) is 1.62. The molecule has 1 unspecified atom stereocenters. The van der Waals surface area contributed by atoms with E-state index in [-0.39, 0.29) is 5.75 Å². The highest BCUT2D eigenvalue weighted by atomic mass is 16.5. The number of carbonyl (C=O) groups is 1. The molecule has 0 aliphatic carbocycles. The molecule has 7 nitrogen and oxygen atoms in total. The molecule has 2 aromatic rings. The topological polar surface area (TPSA) is 100 Å². The van der Waals surface area contributed by atoms with Crippen LogP contribution in [0.1, 0.15) is 11.6 Å². The van der Waals surface area contributed by atoms with Gasteiger partial charge >= 0.3 is 0 Å². The first-order valence-corrected chi connectivity index (χ1v) is 5.28. The predicted molar refractivity (Wildman–Crippen MR) is 60.8 cm³/mol. The Morgan fingerprint density at radius 1 is 1.39 bits per heavy atom. The first-order chi connectivity index (χ1) is 8.70. The number of hydroxylamine groups is 1. The monoisotopic (exact) mass is 248 g/mol. The van der Waals surface area contributed by atoms with Crippen molar-refractivity contribution < 1.29 is 15.1 Å². The Morgan fingerprint density at radius 2 is 2.11 bits per heavy atom. The van der Waals surface area contributed by atoms with E-state index in [0.29, 0.717) is 6.42 Å². The fraction of sp³-hybridized carbons (Fsp3) is 0.182. The number of nitrogens with zero attached hydrogens (tertiary/aromatic N) is 3. The lowest BCUT2D eigenvalue weighted by Gasteiger charge is -2.14. The molecule has 0 saturated heterocycles. The number of phenols is 1. The average Bonchev–Trinajstić information content (AvgIpc) is 2.91. The molecule has 0 fully saturated rings. The van der Waals surface area contributed by atoms with Crippen LogP contribution in [-0.4, -0.2) is 31.2 Å². The molecular formula is C11H12N4O3. The van der Waals surface area contributed by atoms with Gasteiger partial charge in [0.25, 0.3) is 5.91 Å². The van der Waals surface area contributed by atoms with Gasteiger partial charge in [-0.25, -0.2) is 10.2 Å². The van der Waals surface area contributed by atoms with Crippen molar-refractivity contribution in [2.75, 3.05) is 0 Å². The maximum absolute atomic E-state index is 11.6. The smallest absolute Gasteiger partial charge is 0.268 e. The van der Waals surface area contributed by atoms with E-state index in [1.165, 1.54) is 23.0 Å². The molecule has 1 amide bonds. The van der Waals surface area contributed by atoms with Crippen molar-refractivity contribution in [3.63, 3.8) is 0 Å². The quantitative estimate of drug-likeness (QED) is 0.532. The van der Waals surface area contributed by atoms with Gasteiger partial charge in [0.2, 0.25) is 0 Å². The van der Waals surface area contributed by atoms with E-state index in [9.17, 15) is 9.90 Å². The van der Waals surface area contributed by atoms with Crippen molar-refractivity contribution >= 4 is 5.91 Å². The third kappa shape index (κ3) is 2.64. The normalized spacial score (nSPS) is 12.1. The molecule has 0 spiro atoms. The number of amides is 1. The van der Waals surface area contributed by atoms with Crippen LogP contribution < -0.4 is 5.48 Å². The van der Waals surface area contributed by atoms with E-state index < -0.39 is 11.9 Å². The second-order valence-electron chi connectivity index (χ2n) is 3.75. The number of hydrogen-bond acceptors (Lipinski definition) is 5. The summed E-state index contributed by atoms with van der Waals surface area (Å²) in [6.45, 7) is 0. The molecule has 1 atom stereocenters. The summed E-state index contributed by atoms with van der Waals surface area (Å²) in [5.74, 6) is -0.420. The van der Waals surface area contributed by atoms with Gasteiger partial charge in [0.1, 0.15) is 11.8 Å². The van der Waals surface area contributed by atoms with Crippen molar-refractivity contribution in [1.82, 2.24) is 20.5 Å². The Hall–Kier alpha value is -2.41. The number of phenolic OH excluding ortho intramolecular Hbond substituents is 1. The van der Waals surface area contributed by atoms with Crippen LogP contribution in [0.2, 0.25) is 0 Å². The third-order valence-corrected chi connectivity index (χ3v) is 2.54. The van der Waals surface area contributed by atoms with Crippen molar-refractivity contribution in [1.29, 1.82) is 0 Å². The van der Waals surface area contributed by atoms with Gasteiger partial charge in [-0.05, 0) is 17.7 Å². The zero-order chi connectivity index (χ0) is 13.0. The summed E-state index contributed by atoms with van der Waals surface area (Å²) in [6, 6.07) is 5.77. The van der Waals surface area contributed by atoms with Crippen LogP contribution in [0.3, 0.4) is 0 Å². The number of nitrogens with one attached hydrogen (secondary N) is 1. The van der Waals surface area contributed by atoms with Crippen LogP contribution in [0.5, 0.6) is 5.75 Å². The number of aromatic hydroxyl groups is 1. The summed E-state index contributed by atoms with van der Waals surface area (Å²) in [6.07, 6.45) is 3.32. The van der Waals surface area contributed by atoms with Crippen LogP contribution in [0.15, 0.2) is 36.7 Å². The van der Waals surface area contributed by atoms with Gasteiger partial charge in [0, 0.05) is 12.6 Å². The Kier molecular flexibility index (Phi) is 3.54. The van der Waals surface area contributed by atoms with Gasteiger partial charge < -0.3 is 5.11 Å². The van der Waals surface area contributed by atoms with Crippen LogP contribution in [-0.2, 0) is 11.2 Å². The summed E-state index contributed by atoms with van der Waals surface area (Å²) >= 11 is 0. The molecule has 94 valence electrons. The van der Waals surface area contributed by atoms with E-state index in [0.717, 1.165) is 5.56 Å². The minimum Gasteiger partial charge on any atom is -0.508 e. The predicted octanol–water partition coefficient (Wildman–Crippen LogP) is 0.273. The number of hydrogen-bond donors (Lipinski definition) is 3. The zero-order valence-electron chi connectivity index (χ0n) is 9.39. The van der Waals surface area contributed by atoms with E-state index in [2.05, 4.69) is 10.3 Å². The standard InChI is InChI=1S/C11H12N4O3/c16-9-3-1-8(2-4-9)7-10(11(17)13-18)15-6-5-12-14-15/h1-6,10,16,18H,7H2,(H,13,17). The van der Waals surface area contributed by atoms with E-state index in [4.69, 9.17) is 5.21 Å². The molecule has 1 aromatic carbocycles. The summed E-state index contributed by atoms with van der Waals surface area (Å²) in [5, 5.41) is 25.3. The second-order valence-corrected chi connectivity index (χ2v) is 3.75. The Labute approximate surface area is 103 Å². The first kappa shape index (κ1) is 12.1. The van der Waals surface area contributed by atoms with Gasteiger partial charge in [-0.1, -0.05) is 17.3 Å². The van der Waals surface area contributed by atoms with Gasteiger partial charge in [0.15, 0.2) is 0 Å². The SMILES string of the molecule is O=C(NO)C(Cc1ccc(O)cc1)n1ccnn1. The highest BCUT2D eigenvalue weighted by Crippen LogP contribution is 2.16. The molecule has 7 heteroatoms. The van der Waals surface area contributed by atoms with Crippen molar-refractivity contribution in [3.05, 3.63) is 42.2 Å². The molecule has 0 bridgehead atoms. The molecule has 1 heterocycles. The van der Waals surface area contributed by atoms with Crippen molar-refractivity contribution in [2.24, 2.45) is 0 Å². The van der Waals surface area contributed by atoms with Crippen molar-refractivity contribution in [2.45, 2.75) is 12.5 Å². The van der Waals surface area contributed by atoms with E-state index >= 15 is 0 Å². The third-order valence-electron chi connectivity index (χ3n) is 2.54. The lowest BCUT2D eigenvalue weighted by Crippen LogP contribution is -2.32. The number of benzene rings is 1. The maximum atomic E-state index is 11.6. The largest absolute Gasteiger partial charge is 0.508 e. The van der Waals surface area contributed by atoms with Gasteiger partial charge in [-0.2, -0.15) is 0 Å². The second kappa shape index (κ2) is 5.28. The van der Waals surface area contributed by atoms with Crippen LogP contribution in [0, 0.1) is 0 Å². The Balaban J connectivity index is 2.20. The molecule has 0 saturated carbocycles. The summed E-state index contributed by atoms with van der Waals surface area (Å²) in [4.78, 5) is 11.6. The molecule has 3 N–H and O–H groups in total. The van der Waals surface area contributed by atoms with E-state index in [1.54, 1.807) is 23.8 Å². The lowest BCUT2D eigenvalue weighted by atomic mass is 10.1. The minimum absolute atomic E-state index is 0.155. The lowest BCUT2D eigenvalue weighted by molar-refractivity contribution is -0.133. The summed E-state index contributed by atoms with van der Waals surface area (Å²) in [7, 11) is 0. The minimum atomic E-state index is -0.693. The first-order valence-electron chi connectivity index (χ1n) is 5.28. The van der Waals surface area contributed by atoms with Gasteiger partial charge in [-0.3, -0.25) is 10.0 Å². The van der Waals surface area contributed by atoms with Gasteiger partial charge in [0.05, 0.1) is 6.20 Å².